The van der Waals surface area contributed by atoms with Crippen LogP contribution in [0, 0.1) is 6.92 Å². The van der Waals surface area contributed by atoms with Crippen molar-refractivity contribution in [3.05, 3.63) is 35.7 Å². The highest BCUT2D eigenvalue weighted by Gasteiger charge is 2.22. The van der Waals surface area contributed by atoms with E-state index in [-0.39, 0.29) is 18.2 Å². The van der Waals surface area contributed by atoms with Crippen molar-refractivity contribution in [3.63, 3.8) is 0 Å². The molecule has 0 aromatic carbocycles. The topological polar surface area (TPSA) is 92.5 Å². The second-order valence-electron chi connectivity index (χ2n) is 6.32. The van der Waals surface area contributed by atoms with Gasteiger partial charge in [0.2, 0.25) is 0 Å². The number of ether oxygens (including phenoxy) is 1. The summed E-state index contributed by atoms with van der Waals surface area (Å²) in [4.78, 5) is 18.6. The number of anilines is 2. The fraction of sp³-hybridized carbons (Fsp3) is 0.471. The van der Waals surface area contributed by atoms with E-state index in [0.29, 0.717) is 18.1 Å². The summed E-state index contributed by atoms with van der Waals surface area (Å²) in [5.41, 5.74) is 0.921. The van der Waals surface area contributed by atoms with Gasteiger partial charge in [-0.05, 0) is 32.4 Å². The summed E-state index contributed by atoms with van der Waals surface area (Å²) < 4.78 is 10.6. The van der Waals surface area contributed by atoms with Gasteiger partial charge in [0.15, 0.2) is 5.82 Å². The van der Waals surface area contributed by atoms with E-state index in [2.05, 4.69) is 39.5 Å². The number of urea groups is 1. The molecule has 134 valence electrons. The zero-order chi connectivity index (χ0) is 17.8. The van der Waals surface area contributed by atoms with Gasteiger partial charge < -0.3 is 19.5 Å². The van der Waals surface area contributed by atoms with Crippen LogP contribution in [-0.2, 0) is 11.3 Å². The van der Waals surface area contributed by atoms with Gasteiger partial charge in [-0.3, -0.25) is 5.32 Å². The van der Waals surface area contributed by atoms with Gasteiger partial charge >= 0.3 is 6.03 Å². The summed E-state index contributed by atoms with van der Waals surface area (Å²) in [6, 6.07) is 5.25. The van der Waals surface area contributed by atoms with Crippen LogP contribution >= 0.6 is 0 Å². The first-order valence-corrected chi connectivity index (χ1v) is 8.33. The number of carbonyl (C=O) groups is 1. The molecule has 0 unspecified atom stereocenters. The molecule has 1 aliphatic heterocycles. The molecule has 25 heavy (non-hydrogen) atoms. The van der Waals surface area contributed by atoms with Crippen LogP contribution in [0.5, 0.6) is 0 Å². The predicted molar refractivity (Wildman–Crippen MR) is 93.6 cm³/mol. The van der Waals surface area contributed by atoms with Gasteiger partial charge in [-0.25, -0.2) is 9.78 Å². The second-order valence-corrected chi connectivity index (χ2v) is 6.32. The zero-order valence-electron chi connectivity index (χ0n) is 14.7. The molecule has 1 aliphatic rings. The Kier molecular flexibility index (Phi) is 5.18. The normalized spacial score (nSPS) is 20.4. The van der Waals surface area contributed by atoms with Gasteiger partial charge in [0.05, 0.1) is 12.2 Å². The molecule has 1 saturated heterocycles. The van der Waals surface area contributed by atoms with Crippen molar-refractivity contribution in [2.24, 2.45) is 0 Å². The number of nitrogens with zero attached hydrogens (tertiary/aromatic N) is 3. The SMILES string of the molecule is Cc1cc(NC(=O)NCc2ccc(N3C[C@@H](C)O[C@H](C)C3)nc2)no1. The lowest BCUT2D eigenvalue weighted by Gasteiger charge is -2.36. The first kappa shape index (κ1) is 17.2. The molecule has 1 fully saturated rings. The molecule has 2 aromatic heterocycles. The van der Waals surface area contributed by atoms with E-state index in [0.717, 1.165) is 24.5 Å². The van der Waals surface area contributed by atoms with Crippen LogP contribution in [-0.4, -0.2) is 41.5 Å². The number of carbonyl (C=O) groups excluding carboxylic acids is 1. The van der Waals surface area contributed by atoms with Crippen LogP contribution in [0.15, 0.2) is 28.9 Å². The molecule has 8 heteroatoms. The predicted octanol–water partition coefficient (Wildman–Crippen LogP) is 2.31. The highest BCUT2D eigenvalue weighted by atomic mass is 16.5. The van der Waals surface area contributed by atoms with Crippen molar-refractivity contribution in [2.45, 2.75) is 39.5 Å². The quantitative estimate of drug-likeness (QED) is 0.883. The van der Waals surface area contributed by atoms with Crippen LogP contribution in [0.3, 0.4) is 0 Å². The third kappa shape index (κ3) is 4.69. The molecule has 2 N–H and O–H groups in total. The molecule has 3 rings (SSSR count). The highest BCUT2D eigenvalue weighted by molar-refractivity contribution is 5.88. The number of rotatable bonds is 4. The summed E-state index contributed by atoms with van der Waals surface area (Å²) in [6.45, 7) is 7.93. The minimum Gasteiger partial charge on any atom is -0.372 e. The molecule has 0 saturated carbocycles. The Labute approximate surface area is 146 Å². The smallest absolute Gasteiger partial charge is 0.320 e. The number of pyridine rings is 1. The summed E-state index contributed by atoms with van der Waals surface area (Å²) in [6.07, 6.45) is 2.16. The van der Waals surface area contributed by atoms with Crippen LogP contribution in [0.25, 0.3) is 0 Å². The first-order chi connectivity index (χ1) is 12.0. The van der Waals surface area contributed by atoms with E-state index in [1.807, 2.05) is 12.1 Å². The lowest BCUT2D eigenvalue weighted by Crippen LogP contribution is -2.45. The third-order valence-electron chi connectivity index (χ3n) is 3.88. The van der Waals surface area contributed by atoms with E-state index in [1.165, 1.54) is 0 Å². The number of morpholine rings is 1. The Balaban J connectivity index is 1.51. The van der Waals surface area contributed by atoms with Crippen molar-refractivity contribution < 1.29 is 14.1 Å². The number of hydrogen-bond donors (Lipinski definition) is 2. The van der Waals surface area contributed by atoms with Crippen molar-refractivity contribution in [1.29, 1.82) is 0 Å². The van der Waals surface area contributed by atoms with Gasteiger partial charge in [0.25, 0.3) is 0 Å². The molecule has 3 heterocycles. The van der Waals surface area contributed by atoms with E-state index in [1.54, 1.807) is 19.2 Å². The maximum absolute atomic E-state index is 11.8. The molecule has 0 aliphatic carbocycles. The zero-order valence-corrected chi connectivity index (χ0v) is 14.7. The Hall–Kier alpha value is -2.61. The molecule has 2 aromatic rings. The summed E-state index contributed by atoms with van der Waals surface area (Å²) in [5, 5.41) is 9.08. The first-order valence-electron chi connectivity index (χ1n) is 8.33. The van der Waals surface area contributed by atoms with E-state index in [4.69, 9.17) is 9.26 Å². The molecule has 2 atom stereocenters. The van der Waals surface area contributed by atoms with E-state index in [9.17, 15) is 4.79 Å². The Morgan fingerprint density at radius 2 is 2.08 bits per heavy atom. The van der Waals surface area contributed by atoms with Crippen molar-refractivity contribution >= 4 is 17.7 Å². The van der Waals surface area contributed by atoms with Crippen LogP contribution in [0.2, 0.25) is 0 Å². The summed E-state index contributed by atoms with van der Waals surface area (Å²) in [5.74, 6) is 1.95. The molecule has 0 spiro atoms. The van der Waals surface area contributed by atoms with Crippen molar-refractivity contribution in [3.8, 4) is 0 Å². The summed E-state index contributed by atoms with van der Waals surface area (Å²) in [7, 11) is 0. The number of aromatic nitrogens is 2. The van der Waals surface area contributed by atoms with Crippen molar-refractivity contribution in [2.75, 3.05) is 23.3 Å². The molecule has 0 bridgehead atoms. The lowest BCUT2D eigenvalue weighted by molar-refractivity contribution is -0.00546. The van der Waals surface area contributed by atoms with Crippen LogP contribution in [0.1, 0.15) is 25.2 Å². The molecule has 8 nitrogen and oxygen atoms in total. The monoisotopic (exact) mass is 345 g/mol. The van der Waals surface area contributed by atoms with E-state index < -0.39 is 0 Å². The Morgan fingerprint density at radius 1 is 1.32 bits per heavy atom. The van der Waals surface area contributed by atoms with Gasteiger partial charge in [-0.15, -0.1) is 0 Å². The molecule has 0 radical (unpaired) electrons. The molecular formula is C17H23N5O3. The van der Waals surface area contributed by atoms with Gasteiger partial charge in [-0.2, -0.15) is 0 Å². The highest BCUT2D eigenvalue weighted by Crippen LogP contribution is 2.18. The largest absolute Gasteiger partial charge is 0.372 e. The number of amides is 2. The van der Waals surface area contributed by atoms with E-state index >= 15 is 0 Å². The Bertz CT molecular complexity index is 705. The fourth-order valence-corrected chi connectivity index (χ4v) is 2.84. The fourth-order valence-electron chi connectivity index (χ4n) is 2.84. The van der Waals surface area contributed by atoms with Crippen LogP contribution in [0.4, 0.5) is 16.4 Å². The van der Waals surface area contributed by atoms with Gasteiger partial charge in [0.1, 0.15) is 11.6 Å². The Morgan fingerprint density at radius 3 is 2.68 bits per heavy atom. The maximum Gasteiger partial charge on any atom is 0.320 e. The molecular weight excluding hydrogens is 322 g/mol. The van der Waals surface area contributed by atoms with Gasteiger partial charge in [0, 0.05) is 31.9 Å². The second kappa shape index (κ2) is 7.52. The molecule has 2 amide bonds. The standard InChI is InChI=1S/C17H23N5O3/c1-11-6-15(21-25-11)20-17(23)19-8-14-4-5-16(18-7-14)22-9-12(2)24-13(3)10-22/h4-7,12-13H,8-10H2,1-3H3,(H2,19,20,21,23)/t12-,13-/m1/s1. The maximum atomic E-state index is 11.8. The average molecular weight is 345 g/mol. The lowest BCUT2D eigenvalue weighted by atomic mass is 10.2. The number of aryl methyl sites for hydroxylation is 1. The number of nitrogens with one attached hydrogen (secondary N) is 2. The third-order valence-corrected chi connectivity index (χ3v) is 3.88. The van der Waals surface area contributed by atoms with Crippen molar-refractivity contribution in [1.82, 2.24) is 15.5 Å². The minimum absolute atomic E-state index is 0.191. The summed E-state index contributed by atoms with van der Waals surface area (Å²) >= 11 is 0. The average Bonchev–Trinajstić information content (AvgIpc) is 2.97. The number of hydrogen-bond acceptors (Lipinski definition) is 6. The minimum atomic E-state index is -0.340. The van der Waals surface area contributed by atoms with Crippen LogP contribution < -0.4 is 15.5 Å². The van der Waals surface area contributed by atoms with Gasteiger partial charge in [-0.1, -0.05) is 11.2 Å².